The molecule has 0 saturated carbocycles. The van der Waals surface area contributed by atoms with E-state index in [1.165, 1.54) is 0 Å². The SMILES string of the molecule is Cc1nc(-c2n[nH]c3cc(F)c(F)cc23)ccc1N(C)C. The van der Waals surface area contributed by atoms with E-state index >= 15 is 0 Å². The van der Waals surface area contributed by atoms with E-state index in [9.17, 15) is 8.78 Å². The number of aromatic nitrogens is 3. The van der Waals surface area contributed by atoms with Crippen LogP contribution in [0, 0.1) is 18.6 Å². The van der Waals surface area contributed by atoms with Crippen LogP contribution in [-0.4, -0.2) is 29.3 Å². The summed E-state index contributed by atoms with van der Waals surface area (Å²) < 4.78 is 26.6. The van der Waals surface area contributed by atoms with Crippen LogP contribution in [0.3, 0.4) is 0 Å². The van der Waals surface area contributed by atoms with Crippen LogP contribution >= 0.6 is 0 Å². The first-order valence-corrected chi connectivity index (χ1v) is 6.46. The summed E-state index contributed by atoms with van der Waals surface area (Å²) in [6, 6.07) is 5.99. The van der Waals surface area contributed by atoms with E-state index in [1.807, 2.05) is 38.1 Å². The van der Waals surface area contributed by atoms with Crippen molar-refractivity contribution in [3.63, 3.8) is 0 Å². The van der Waals surface area contributed by atoms with Crippen molar-refractivity contribution in [1.82, 2.24) is 15.2 Å². The van der Waals surface area contributed by atoms with Crippen molar-refractivity contribution in [1.29, 1.82) is 0 Å². The van der Waals surface area contributed by atoms with Crippen molar-refractivity contribution in [2.24, 2.45) is 0 Å². The van der Waals surface area contributed by atoms with Crippen molar-refractivity contribution >= 4 is 16.6 Å². The Kier molecular flexibility index (Phi) is 3.08. The second-order valence-electron chi connectivity index (χ2n) is 5.08. The number of anilines is 1. The van der Waals surface area contributed by atoms with Gasteiger partial charge in [-0.05, 0) is 25.1 Å². The molecule has 4 nitrogen and oxygen atoms in total. The van der Waals surface area contributed by atoms with Crippen molar-refractivity contribution in [3.05, 3.63) is 41.6 Å². The molecular formula is C15H14F2N4. The normalized spacial score (nSPS) is 11.1. The number of pyridine rings is 1. The number of halogens is 2. The number of fused-ring (bicyclic) bond motifs is 1. The summed E-state index contributed by atoms with van der Waals surface area (Å²) in [7, 11) is 3.87. The van der Waals surface area contributed by atoms with E-state index in [0.29, 0.717) is 22.3 Å². The molecule has 0 saturated heterocycles. The Labute approximate surface area is 120 Å². The van der Waals surface area contributed by atoms with Gasteiger partial charge in [-0.1, -0.05) is 0 Å². The summed E-state index contributed by atoms with van der Waals surface area (Å²) in [5.41, 5.74) is 3.42. The van der Waals surface area contributed by atoms with Gasteiger partial charge in [0.05, 0.1) is 22.6 Å². The fourth-order valence-corrected chi connectivity index (χ4v) is 2.37. The van der Waals surface area contributed by atoms with Crippen molar-refractivity contribution in [3.8, 4) is 11.4 Å². The van der Waals surface area contributed by atoms with Gasteiger partial charge < -0.3 is 4.90 Å². The molecule has 0 amide bonds. The minimum Gasteiger partial charge on any atom is -0.376 e. The molecule has 108 valence electrons. The fourth-order valence-electron chi connectivity index (χ4n) is 2.37. The van der Waals surface area contributed by atoms with E-state index in [1.54, 1.807) is 0 Å². The number of aromatic amines is 1. The maximum atomic E-state index is 13.4. The van der Waals surface area contributed by atoms with Crippen LogP contribution in [0.1, 0.15) is 5.69 Å². The average molecular weight is 288 g/mol. The molecule has 0 aliphatic carbocycles. The number of rotatable bonds is 2. The first-order valence-electron chi connectivity index (χ1n) is 6.46. The monoisotopic (exact) mass is 288 g/mol. The van der Waals surface area contributed by atoms with E-state index in [2.05, 4.69) is 15.2 Å². The third-order valence-corrected chi connectivity index (χ3v) is 3.39. The highest BCUT2D eigenvalue weighted by Gasteiger charge is 2.14. The summed E-state index contributed by atoms with van der Waals surface area (Å²) >= 11 is 0. The molecule has 2 heterocycles. The molecule has 0 bridgehead atoms. The summed E-state index contributed by atoms with van der Waals surface area (Å²) in [6.45, 7) is 1.90. The highest BCUT2D eigenvalue weighted by atomic mass is 19.2. The van der Waals surface area contributed by atoms with Crippen LogP contribution in [-0.2, 0) is 0 Å². The molecule has 0 aliphatic rings. The van der Waals surface area contributed by atoms with E-state index < -0.39 is 11.6 Å². The van der Waals surface area contributed by atoms with Crippen LogP contribution in [0.4, 0.5) is 14.5 Å². The summed E-state index contributed by atoms with van der Waals surface area (Å²) in [4.78, 5) is 6.46. The van der Waals surface area contributed by atoms with E-state index in [4.69, 9.17) is 0 Å². The lowest BCUT2D eigenvalue weighted by Gasteiger charge is -2.15. The predicted octanol–water partition coefficient (Wildman–Crippen LogP) is 3.28. The molecule has 0 aliphatic heterocycles. The zero-order chi connectivity index (χ0) is 15.1. The number of H-pyrrole nitrogens is 1. The molecule has 0 fully saturated rings. The van der Waals surface area contributed by atoms with Crippen molar-refractivity contribution in [2.75, 3.05) is 19.0 Å². The second kappa shape index (κ2) is 4.80. The number of benzene rings is 1. The van der Waals surface area contributed by atoms with Gasteiger partial charge >= 0.3 is 0 Å². The third-order valence-electron chi connectivity index (χ3n) is 3.39. The highest BCUT2D eigenvalue weighted by Crippen LogP contribution is 2.28. The molecule has 3 aromatic rings. The minimum atomic E-state index is -0.898. The lowest BCUT2D eigenvalue weighted by Crippen LogP contribution is -2.11. The minimum absolute atomic E-state index is 0.444. The number of hydrogen-bond donors (Lipinski definition) is 1. The molecule has 0 radical (unpaired) electrons. The van der Waals surface area contributed by atoms with Gasteiger partial charge in [0.2, 0.25) is 0 Å². The van der Waals surface area contributed by atoms with Crippen molar-refractivity contribution in [2.45, 2.75) is 6.92 Å². The average Bonchev–Trinajstić information content (AvgIpc) is 2.81. The van der Waals surface area contributed by atoms with Crippen LogP contribution in [0.25, 0.3) is 22.3 Å². The van der Waals surface area contributed by atoms with Gasteiger partial charge in [0.25, 0.3) is 0 Å². The summed E-state index contributed by atoms with van der Waals surface area (Å²) in [6.07, 6.45) is 0. The lowest BCUT2D eigenvalue weighted by atomic mass is 10.1. The van der Waals surface area contributed by atoms with Gasteiger partial charge in [0, 0.05) is 25.5 Å². The zero-order valence-corrected chi connectivity index (χ0v) is 11.9. The molecule has 3 rings (SSSR count). The fraction of sp³-hybridized carbons (Fsp3) is 0.200. The number of aryl methyl sites for hydroxylation is 1. The number of nitrogens with one attached hydrogen (secondary N) is 1. The van der Waals surface area contributed by atoms with Crippen LogP contribution in [0.15, 0.2) is 24.3 Å². The predicted molar refractivity (Wildman–Crippen MR) is 78.3 cm³/mol. The molecular weight excluding hydrogens is 274 g/mol. The third kappa shape index (κ3) is 2.22. The van der Waals surface area contributed by atoms with E-state index in [0.717, 1.165) is 23.5 Å². The largest absolute Gasteiger partial charge is 0.376 e. The molecule has 21 heavy (non-hydrogen) atoms. The molecule has 0 unspecified atom stereocenters. The summed E-state index contributed by atoms with van der Waals surface area (Å²) in [5.74, 6) is -1.79. The highest BCUT2D eigenvalue weighted by molar-refractivity contribution is 5.92. The Morgan fingerprint density at radius 3 is 2.48 bits per heavy atom. The Morgan fingerprint density at radius 1 is 1.10 bits per heavy atom. The van der Waals surface area contributed by atoms with Gasteiger partial charge in [0.15, 0.2) is 11.6 Å². The Balaban J connectivity index is 2.17. The Hall–Kier alpha value is -2.50. The topological polar surface area (TPSA) is 44.8 Å². The molecule has 1 aromatic carbocycles. The molecule has 6 heteroatoms. The van der Waals surface area contributed by atoms with Gasteiger partial charge in [-0.3, -0.25) is 5.10 Å². The lowest BCUT2D eigenvalue weighted by molar-refractivity contribution is 0.511. The van der Waals surface area contributed by atoms with Gasteiger partial charge in [-0.25, -0.2) is 13.8 Å². The van der Waals surface area contributed by atoms with Crippen LogP contribution in [0.5, 0.6) is 0 Å². The first-order chi connectivity index (χ1) is 9.97. The molecule has 0 atom stereocenters. The van der Waals surface area contributed by atoms with E-state index in [-0.39, 0.29) is 0 Å². The van der Waals surface area contributed by atoms with Crippen LogP contribution in [0.2, 0.25) is 0 Å². The van der Waals surface area contributed by atoms with Crippen molar-refractivity contribution < 1.29 is 8.78 Å². The summed E-state index contributed by atoms with van der Waals surface area (Å²) in [5, 5.41) is 7.35. The van der Waals surface area contributed by atoms with Gasteiger partial charge in [-0.15, -0.1) is 0 Å². The Bertz CT molecular complexity index is 824. The van der Waals surface area contributed by atoms with Gasteiger partial charge in [0.1, 0.15) is 5.69 Å². The maximum Gasteiger partial charge on any atom is 0.160 e. The number of hydrogen-bond acceptors (Lipinski definition) is 3. The quantitative estimate of drug-likeness (QED) is 0.787. The standard InChI is InChI=1S/C15H14F2N4/c1-8-14(21(2)3)5-4-12(18-8)15-9-6-10(16)11(17)7-13(9)19-20-15/h4-7H,1-3H3,(H,19,20). The smallest absolute Gasteiger partial charge is 0.160 e. The molecule has 2 aromatic heterocycles. The van der Waals surface area contributed by atoms with Crippen LogP contribution < -0.4 is 4.90 Å². The zero-order valence-electron chi connectivity index (χ0n) is 11.9. The maximum absolute atomic E-state index is 13.4. The second-order valence-corrected chi connectivity index (χ2v) is 5.08. The van der Waals surface area contributed by atoms with Gasteiger partial charge in [-0.2, -0.15) is 5.10 Å². The molecule has 0 spiro atoms. The first kappa shape index (κ1) is 13.5. The Morgan fingerprint density at radius 2 is 1.81 bits per heavy atom. The number of nitrogens with zero attached hydrogens (tertiary/aromatic N) is 3. The molecule has 1 N–H and O–H groups in total.